The third-order valence-corrected chi connectivity index (χ3v) is 29.4. The van der Waals surface area contributed by atoms with Gasteiger partial charge in [-0.25, -0.2) is 46.1 Å². The third-order valence-electron chi connectivity index (χ3n) is 29.4. The van der Waals surface area contributed by atoms with E-state index in [0.717, 1.165) is 152 Å². The molecule has 0 radical (unpaired) electrons. The van der Waals surface area contributed by atoms with Crippen LogP contribution in [0.2, 0.25) is 0 Å². The number of imide groups is 2. The summed E-state index contributed by atoms with van der Waals surface area (Å²) in [6.45, 7) is 11.5. The zero-order chi connectivity index (χ0) is 87.4. The van der Waals surface area contributed by atoms with Gasteiger partial charge in [0, 0.05) is 114 Å². The van der Waals surface area contributed by atoms with Crippen LogP contribution in [0.3, 0.4) is 0 Å². The molecule has 128 heavy (non-hydrogen) atoms. The molecule has 10 aromatic rings. The Hall–Kier alpha value is -11.6. The highest BCUT2D eigenvalue weighted by Crippen LogP contribution is 2.47. The van der Waals surface area contributed by atoms with Crippen molar-refractivity contribution in [1.82, 2.24) is 88.2 Å². The topological polar surface area (TPSA) is 334 Å². The van der Waals surface area contributed by atoms with Crippen molar-refractivity contribution in [3.63, 3.8) is 0 Å². The minimum Gasteiger partial charge on any atom is -0.368 e. The van der Waals surface area contributed by atoms with E-state index in [2.05, 4.69) is 102 Å². The SMILES string of the molecule is C[C@H]1CN(CC2CCC(n3cc(NC(=O)c4cnn5ccc(N6C[C@H]7C[C@@H]6C(C6O[C@@H]8C[C@H]6N(c6ccn9ncc(C(=O)Nc%10cn(C%11CCC(CN%12CCC(N%13CCC(c%14cccc%15c(N%16CCC(=O)NC%16=O)cncc%14%15)CC%13)CC%12)CC%11)nc%10C(F)F)c9n6)C8)O7)nc45)c(C(F)F)n3)CC2)CC[C@@H]1OCC#Cc1cccc2c1n(C)c(=O)n2[C@@H]1CCC(=O)NC1=O. The summed E-state index contributed by atoms with van der Waals surface area (Å²) in [5.41, 5.74) is 2.99. The number of hydrogen-bond donors (Lipinski definition) is 4. The quantitative estimate of drug-likeness (QED) is 0.0295. The van der Waals surface area contributed by atoms with Crippen molar-refractivity contribution in [3.05, 3.63) is 142 Å². The number of carbonyl (C=O) groups is 6. The second-order valence-electron chi connectivity index (χ2n) is 37.0. The van der Waals surface area contributed by atoms with Crippen LogP contribution in [0, 0.1) is 29.6 Å². The summed E-state index contributed by atoms with van der Waals surface area (Å²) in [6.07, 6.45) is 19.8. The lowest BCUT2D eigenvalue weighted by Gasteiger charge is -2.43. The number of hydrogen-bond acceptors (Lipinski definition) is 22. The van der Waals surface area contributed by atoms with Gasteiger partial charge in [0.1, 0.15) is 47.6 Å². The Bertz CT molecular complexity index is 6100. The summed E-state index contributed by atoms with van der Waals surface area (Å²) in [5, 5.41) is 30.0. The van der Waals surface area contributed by atoms with Gasteiger partial charge in [-0.3, -0.25) is 63.0 Å². The highest BCUT2D eigenvalue weighted by Gasteiger charge is 2.58. The van der Waals surface area contributed by atoms with E-state index in [1.807, 2.05) is 30.5 Å². The predicted octanol–water partition coefficient (Wildman–Crippen LogP) is 10.1. The number of ether oxygens (including phenoxy) is 3. The molecule has 11 aliphatic rings. The first-order chi connectivity index (χ1) is 62.2. The highest BCUT2D eigenvalue weighted by molar-refractivity contribution is 6.11. The minimum atomic E-state index is -2.96. The number of amides is 7. The lowest BCUT2D eigenvalue weighted by atomic mass is 9.84. The van der Waals surface area contributed by atoms with Crippen LogP contribution < -0.4 is 41.7 Å². The zero-order valence-corrected chi connectivity index (χ0v) is 71.4. The molecular formula is C91H103F4N23O10. The van der Waals surface area contributed by atoms with Crippen LogP contribution in [0.15, 0.2) is 103 Å². The van der Waals surface area contributed by atoms with Crippen molar-refractivity contribution < 1.29 is 60.5 Å². The average Bonchev–Trinajstić information content (AvgIpc) is 1.57. The molecule has 7 amide bonds. The normalized spacial score (nSPS) is 27.1. The van der Waals surface area contributed by atoms with Gasteiger partial charge in [0.15, 0.2) is 22.7 Å². The molecule has 2 unspecified atom stereocenters. The predicted molar refractivity (Wildman–Crippen MR) is 463 cm³/mol. The van der Waals surface area contributed by atoms with E-state index < -0.39 is 54.0 Å². The molecule has 11 fully saturated rings. The number of para-hydroxylation sites is 1. The highest BCUT2D eigenvalue weighted by atomic mass is 19.3. The lowest BCUT2D eigenvalue weighted by Crippen LogP contribution is -2.56. The number of urea groups is 1. The number of fused-ring (bicyclic) bond motifs is 8. The second kappa shape index (κ2) is 34.5. The summed E-state index contributed by atoms with van der Waals surface area (Å²) < 4.78 is 88.7. The molecule has 2 saturated carbocycles. The number of halogens is 4. The number of morpholine rings is 2. The van der Waals surface area contributed by atoms with E-state index in [9.17, 15) is 51.1 Å². The van der Waals surface area contributed by atoms with Gasteiger partial charge in [0.25, 0.3) is 24.7 Å². The molecular weight excluding hydrogens is 1650 g/mol. The summed E-state index contributed by atoms with van der Waals surface area (Å²) in [4.78, 5) is 120. The van der Waals surface area contributed by atoms with Gasteiger partial charge in [-0.2, -0.15) is 20.4 Å². The van der Waals surface area contributed by atoms with Crippen molar-refractivity contribution in [2.45, 2.75) is 208 Å². The van der Waals surface area contributed by atoms with Gasteiger partial charge >= 0.3 is 11.7 Å². The van der Waals surface area contributed by atoms with Crippen LogP contribution in [-0.2, 0) is 35.6 Å². The van der Waals surface area contributed by atoms with Crippen molar-refractivity contribution in [2.24, 2.45) is 24.8 Å². The van der Waals surface area contributed by atoms with Gasteiger partial charge in [-0.15, -0.1) is 0 Å². The first-order valence-corrected chi connectivity index (χ1v) is 45.4. The van der Waals surface area contributed by atoms with E-state index in [-0.39, 0.29) is 138 Å². The molecule has 4 N–H and O–H groups in total. The number of pyridine rings is 1. The number of rotatable bonds is 21. The maximum absolute atomic E-state index is 14.9. The number of aromatic nitrogens is 13. The average molecular weight is 1750 g/mol. The number of nitrogens with one attached hydrogen (secondary N) is 4. The summed E-state index contributed by atoms with van der Waals surface area (Å²) in [7, 11) is 1.65. The van der Waals surface area contributed by atoms with Gasteiger partial charge in [0.2, 0.25) is 17.7 Å². The van der Waals surface area contributed by atoms with Gasteiger partial charge in [0.05, 0.1) is 94.7 Å². The molecule has 8 aromatic heterocycles. The molecule has 9 atom stereocenters. The van der Waals surface area contributed by atoms with Crippen molar-refractivity contribution in [2.75, 3.05) is 104 Å². The van der Waals surface area contributed by atoms with E-state index >= 15 is 0 Å². The molecule has 9 saturated heterocycles. The molecule has 9 aliphatic heterocycles. The number of benzene rings is 2. The Morgan fingerprint density at radius 1 is 0.609 bits per heavy atom. The van der Waals surface area contributed by atoms with Crippen LogP contribution in [0.1, 0.15) is 203 Å². The molecule has 37 heteroatoms. The number of nitrogens with zero attached hydrogens (tertiary/aromatic N) is 19. The zero-order valence-electron chi connectivity index (χ0n) is 71.4. The first-order valence-electron chi connectivity index (χ1n) is 45.4. The van der Waals surface area contributed by atoms with E-state index in [0.29, 0.717) is 84.5 Å². The number of piperidine rings is 4. The Balaban J connectivity index is 0.403. The number of anilines is 5. The molecule has 670 valence electrons. The fraction of sp³-hybridized carbons (Fsp3) is 0.538. The van der Waals surface area contributed by atoms with Crippen LogP contribution in [-0.4, -0.2) is 240 Å². The fourth-order valence-corrected chi connectivity index (χ4v) is 22.9. The summed E-state index contributed by atoms with van der Waals surface area (Å²) in [6, 6.07) is 14.2. The largest absolute Gasteiger partial charge is 0.368 e. The Kier molecular flexibility index (Phi) is 22.4. The van der Waals surface area contributed by atoms with Crippen molar-refractivity contribution in [3.8, 4) is 11.8 Å². The molecule has 2 aliphatic carbocycles. The van der Waals surface area contributed by atoms with Crippen LogP contribution in [0.4, 0.5) is 51.1 Å². The molecule has 4 bridgehead atoms. The second-order valence-corrected chi connectivity index (χ2v) is 37.0. The van der Waals surface area contributed by atoms with Crippen LogP contribution in [0.25, 0.3) is 33.1 Å². The van der Waals surface area contributed by atoms with E-state index in [1.54, 1.807) is 58.2 Å². The number of imidazole rings is 1. The van der Waals surface area contributed by atoms with E-state index in [4.69, 9.17) is 24.2 Å². The Labute approximate surface area is 733 Å². The minimum absolute atomic E-state index is 0.00404. The van der Waals surface area contributed by atoms with Crippen molar-refractivity contribution in [1.29, 1.82) is 0 Å². The third kappa shape index (κ3) is 15.9. The number of likely N-dealkylation sites (tertiary alicyclic amines) is 3. The molecule has 0 spiro atoms. The smallest absolute Gasteiger partial charge is 0.329 e. The van der Waals surface area contributed by atoms with Gasteiger partial charge in [-0.1, -0.05) is 43.0 Å². The summed E-state index contributed by atoms with van der Waals surface area (Å²) >= 11 is 0. The first kappa shape index (κ1) is 83.4. The van der Waals surface area contributed by atoms with Gasteiger partial charge < -0.3 is 49.3 Å². The molecule has 17 heterocycles. The summed E-state index contributed by atoms with van der Waals surface area (Å²) in [5.74, 6) is 6.61. The standard InChI is InChI=1S/C91H103F4N23O10/c1-51-44-109(31-25-73(51)126-37-5-7-55-6-3-10-68-80(55)107(2)91(125)118(68)69-19-20-76(119)103-89(69)123)46-53-13-17-58(18-14-53)117-50-67(79(106-117)84(94)95)100-88(122)65-42-98-115-36-27-75(102-86(65)115)113-48-60-39-71(113)82(128-60)81-70-38-59(127-81)47-112(70)74-26-35-114-85(101-74)64(41-97-114)87(121)99-66-49-116(105-78(66)83(92)93)57-15-11-52(12-16-57)45-108-29-23-56(24-30-108)110-32-21-54(22-33-110)61-8-4-9-62-63(61)40-96-43-72(62)111-34-28-77(120)104-90(111)124/h3-4,6,8-10,26-27,35-36,40-43,49-54,56-60,69-71,73,81-84H,11-25,28-34,37-39,44-48H2,1-2H3,(H,99,121)(H,100,122)(H,103,119,123)(H,104,120,124)/t51-,52?,53?,57?,58?,59+,60+,69+,70+,71+,73-,81?,82?/m0/s1. The molecule has 21 rings (SSSR count). The number of carbonyl (C=O) groups excluding carboxylic acids is 6. The monoisotopic (exact) mass is 1750 g/mol. The Morgan fingerprint density at radius 2 is 1.20 bits per heavy atom. The number of alkyl halides is 4. The van der Waals surface area contributed by atoms with Crippen molar-refractivity contribution >= 4 is 97.4 Å². The van der Waals surface area contributed by atoms with E-state index in [1.165, 1.54) is 42.3 Å². The maximum Gasteiger partial charge on any atom is 0.329 e. The molecule has 2 aromatic carbocycles. The van der Waals surface area contributed by atoms with Crippen LogP contribution in [0.5, 0.6) is 0 Å². The van der Waals surface area contributed by atoms with Crippen LogP contribution >= 0.6 is 0 Å². The maximum atomic E-state index is 14.9. The lowest BCUT2D eigenvalue weighted by molar-refractivity contribution is -0.135. The number of aryl methyl sites for hydroxylation is 1. The van der Waals surface area contributed by atoms with Gasteiger partial charge in [-0.05, 0) is 182 Å². The molecule has 33 nitrogen and oxygen atoms in total. The fourth-order valence-electron chi connectivity index (χ4n) is 22.9. The Morgan fingerprint density at radius 3 is 1.77 bits per heavy atom.